The van der Waals surface area contributed by atoms with Gasteiger partial charge in [0.05, 0.1) is 6.04 Å². The molecular formula is C30H47N3O2. The van der Waals surface area contributed by atoms with Crippen molar-refractivity contribution in [2.75, 3.05) is 26.7 Å². The summed E-state index contributed by atoms with van der Waals surface area (Å²) in [4.78, 5) is 31.8. The summed E-state index contributed by atoms with van der Waals surface area (Å²) in [5.41, 5.74) is 2.99. The van der Waals surface area contributed by atoms with E-state index in [0.29, 0.717) is 18.4 Å². The number of Topliss-reactive ketones (excluding diaryl/α,β-unsaturated/α-hetero) is 1. The lowest BCUT2D eigenvalue weighted by Gasteiger charge is -2.40. The molecule has 1 saturated heterocycles. The third-order valence-corrected chi connectivity index (χ3v) is 9.16. The Morgan fingerprint density at radius 2 is 1.83 bits per heavy atom. The van der Waals surface area contributed by atoms with E-state index < -0.39 is 0 Å². The molecule has 0 bridgehead atoms. The highest BCUT2D eigenvalue weighted by atomic mass is 16.2. The van der Waals surface area contributed by atoms with Crippen molar-refractivity contribution < 1.29 is 9.59 Å². The van der Waals surface area contributed by atoms with Crippen LogP contribution in [-0.2, 0) is 16.0 Å². The summed E-state index contributed by atoms with van der Waals surface area (Å²) < 4.78 is 0. The lowest BCUT2D eigenvalue weighted by atomic mass is 9.76. The van der Waals surface area contributed by atoms with Gasteiger partial charge in [0.2, 0.25) is 5.91 Å². The number of hydrogen-bond acceptors (Lipinski definition) is 4. The van der Waals surface area contributed by atoms with Gasteiger partial charge in [-0.05, 0) is 82.5 Å². The molecule has 1 saturated carbocycles. The summed E-state index contributed by atoms with van der Waals surface area (Å²) in [6.45, 7) is 6.98. The maximum Gasteiger partial charge on any atom is 0.226 e. The first kappa shape index (κ1) is 26.3. The first-order chi connectivity index (χ1) is 17.0. The van der Waals surface area contributed by atoms with E-state index >= 15 is 0 Å². The van der Waals surface area contributed by atoms with Gasteiger partial charge in [-0.25, -0.2) is 0 Å². The highest BCUT2D eigenvalue weighted by Crippen LogP contribution is 2.37. The molecule has 1 amide bonds. The monoisotopic (exact) mass is 481 g/mol. The van der Waals surface area contributed by atoms with Crippen LogP contribution in [0.3, 0.4) is 0 Å². The zero-order valence-electron chi connectivity index (χ0n) is 22.3. The van der Waals surface area contributed by atoms with Crippen molar-refractivity contribution in [2.45, 2.75) is 103 Å². The molecule has 35 heavy (non-hydrogen) atoms. The van der Waals surface area contributed by atoms with Gasteiger partial charge >= 0.3 is 0 Å². The Balaban J connectivity index is 1.49. The second kappa shape index (κ2) is 12.5. The lowest BCUT2D eigenvalue weighted by Crippen LogP contribution is -2.48. The number of rotatable bonds is 10. The minimum Gasteiger partial charge on any atom is -0.338 e. The van der Waals surface area contributed by atoms with Crippen LogP contribution in [0.25, 0.3) is 0 Å². The number of benzene rings is 1. The highest BCUT2D eigenvalue weighted by molar-refractivity contribution is 5.90. The van der Waals surface area contributed by atoms with Crippen LogP contribution in [0.2, 0.25) is 0 Å². The van der Waals surface area contributed by atoms with Gasteiger partial charge in [0, 0.05) is 37.5 Å². The van der Waals surface area contributed by atoms with E-state index in [0.717, 1.165) is 45.3 Å². The summed E-state index contributed by atoms with van der Waals surface area (Å²) in [6.07, 6.45) is 12.0. The highest BCUT2D eigenvalue weighted by Gasteiger charge is 2.40. The van der Waals surface area contributed by atoms with Crippen LogP contribution in [0.15, 0.2) is 24.3 Å². The molecule has 2 fully saturated rings. The van der Waals surface area contributed by atoms with Gasteiger partial charge in [-0.15, -0.1) is 0 Å². The lowest BCUT2D eigenvalue weighted by molar-refractivity contribution is -0.142. The number of carbonyl (C=O) groups is 2. The minimum atomic E-state index is -0.190. The van der Waals surface area contributed by atoms with E-state index in [-0.39, 0.29) is 29.7 Å². The Morgan fingerprint density at radius 1 is 1.06 bits per heavy atom. The SMILES string of the molecule is CCN(C[C@@H]1CCCN1C(=O)[C@@H](CC(=O)[C@H](C)NC)C1CCCCC1)C1CCCc2ccccc21. The van der Waals surface area contributed by atoms with Gasteiger partial charge in [-0.2, -0.15) is 0 Å². The summed E-state index contributed by atoms with van der Waals surface area (Å²) >= 11 is 0. The van der Waals surface area contributed by atoms with E-state index in [1.165, 1.54) is 49.7 Å². The fourth-order valence-corrected chi connectivity index (χ4v) is 6.93. The largest absolute Gasteiger partial charge is 0.338 e. The molecule has 0 spiro atoms. The Kier molecular flexibility index (Phi) is 9.40. The minimum absolute atomic E-state index is 0.148. The molecule has 1 aliphatic heterocycles. The van der Waals surface area contributed by atoms with E-state index in [1.54, 1.807) is 0 Å². The molecule has 1 heterocycles. The zero-order valence-corrected chi connectivity index (χ0v) is 22.3. The molecule has 5 nitrogen and oxygen atoms in total. The van der Waals surface area contributed by atoms with E-state index in [2.05, 4.69) is 46.3 Å². The first-order valence-electron chi connectivity index (χ1n) is 14.4. The van der Waals surface area contributed by atoms with Crippen molar-refractivity contribution in [1.82, 2.24) is 15.1 Å². The first-order valence-corrected chi connectivity index (χ1v) is 14.4. The average molecular weight is 482 g/mol. The molecule has 0 radical (unpaired) electrons. The van der Waals surface area contributed by atoms with Gasteiger partial charge < -0.3 is 10.2 Å². The quantitative estimate of drug-likeness (QED) is 0.503. The van der Waals surface area contributed by atoms with Crippen molar-refractivity contribution in [2.24, 2.45) is 11.8 Å². The number of hydrogen-bond donors (Lipinski definition) is 1. The smallest absolute Gasteiger partial charge is 0.226 e. The summed E-state index contributed by atoms with van der Waals surface area (Å²) in [7, 11) is 1.83. The molecule has 1 aromatic rings. The van der Waals surface area contributed by atoms with Gasteiger partial charge in [0.1, 0.15) is 5.78 Å². The molecule has 3 aliphatic rings. The second-order valence-corrected chi connectivity index (χ2v) is 11.2. The number of nitrogens with one attached hydrogen (secondary N) is 1. The topological polar surface area (TPSA) is 52.7 Å². The Morgan fingerprint density at radius 3 is 2.57 bits per heavy atom. The third-order valence-electron chi connectivity index (χ3n) is 9.16. The van der Waals surface area contributed by atoms with Crippen LogP contribution in [0.5, 0.6) is 0 Å². The van der Waals surface area contributed by atoms with Crippen molar-refractivity contribution in [3.05, 3.63) is 35.4 Å². The summed E-state index contributed by atoms with van der Waals surface area (Å²) in [6, 6.07) is 9.47. The van der Waals surface area contributed by atoms with Gasteiger partial charge in [0.15, 0.2) is 0 Å². The fraction of sp³-hybridized carbons (Fsp3) is 0.733. The molecule has 4 atom stereocenters. The Hall–Kier alpha value is -1.72. The zero-order chi connectivity index (χ0) is 24.8. The molecule has 5 heteroatoms. The summed E-state index contributed by atoms with van der Waals surface area (Å²) in [5.74, 6) is 0.653. The van der Waals surface area contributed by atoms with Crippen LogP contribution in [-0.4, -0.2) is 60.3 Å². The molecular weight excluding hydrogens is 434 g/mol. The normalized spacial score (nSPS) is 24.9. The Labute approximate surface area is 213 Å². The molecule has 1 aromatic carbocycles. The molecule has 194 valence electrons. The van der Waals surface area contributed by atoms with Crippen molar-refractivity contribution in [1.29, 1.82) is 0 Å². The molecule has 4 rings (SSSR count). The summed E-state index contributed by atoms with van der Waals surface area (Å²) in [5, 5.41) is 3.09. The predicted octanol–water partition coefficient (Wildman–Crippen LogP) is 5.14. The van der Waals surface area contributed by atoms with Crippen LogP contribution >= 0.6 is 0 Å². The van der Waals surface area contributed by atoms with Crippen LogP contribution in [0, 0.1) is 11.8 Å². The number of carbonyl (C=O) groups excluding carboxylic acids is 2. The average Bonchev–Trinajstić information content (AvgIpc) is 3.37. The van der Waals surface area contributed by atoms with Crippen LogP contribution in [0.1, 0.15) is 95.2 Å². The number of fused-ring (bicyclic) bond motifs is 1. The van der Waals surface area contributed by atoms with Crippen LogP contribution < -0.4 is 5.32 Å². The predicted molar refractivity (Wildman–Crippen MR) is 142 cm³/mol. The second-order valence-electron chi connectivity index (χ2n) is 11.2. The van der Waals surface area contributed by atoms with Crippen LogP contribution in [0.4, 0.5) is 0 Å². The van der Waals surface area contributed by atoms with Crippen molar-refractivity contribution in [3.63, 3.8) is 0 Å². The van der Waals surface area contributed by atoms with E-state index in [1.807, 2.05) is 14.0 Å². The van der Waals surface area contributed by atoms with Crippen molar-refractivity contribution >= 4 is 11.7 Å². The number of aryl methyl sites for hydroxylation is 1. The molecule has 1 unspecified atom stereocenters. The maximum atomic E-state index is 14.1. The number of ketones is 1. The maximum absolute atomic E-state index is 14.1. The molecule has 1 N–H and O–H groups in total. The molecule has 0 aromatic heterocycles. The van der Waals surface area contributed by atoms with Gasteiger partial charge in [0.25, 0.3) is 0 Å². The fourth-order valence-electron chi connectivity index (χ4n) is 6.93. The number of likely N-dealkylation sites (tertiary alicyclic amines) is 1. The van der Waals surface area contributed by atoms with Gasteiger partial charge in [-0.3, -0.25) is 14.5 Å². The standard InChI is InChI=1S/C30H47N3O2/c1-4-32(28-18-10-15-23-14-8-9-17-26(23)28)21-25-16-11-19-33(25)30(35)27(20-29(34)22(2)31-3)24-12-6-5-7-13-24/h8-9,14,17,22,24-25,27-28,31H,4-7,10-13,15-16,18-21H2,1-3H3/t22-,25-,27-,28?/m0/s1. The van der Waals surface area contributed by atoms with E-state index in [9.17, 15) is 9.59 Å². The number of nitrogens with zero attached hydrogens (tertiary/aromatic N) is 2. The third kappa shape index (κ3) is 6.17. The van der Waals surface area contributed by atoms with E-state index in [4.69, 9.17) is 0 Å². The van der Waals surface area contributed by atoms with Gasteiger partial charge in [-0.1, -0.05) is 50.5 Å². The molecule has 2 aliphatic carbocycles. The van der Waals surface area contributed by atoms with Crippen molar-refractivity contribution in [3.8, 4) is 0 Å². The number of likely N-dealkylation sites (N-methyl/N-ethyl adjacent to an activating group) is 2. The number of amides is 1. The Bertz CT molecular complexity index is 850.